The number of piperidine rings is 1. The number of likely N-dealkylation sites (tertiary alicyclic amines) is 1. The van der Waals surface area contributed by atoms with Crippen LogP contribution in [0, 0.1) is 5.82 Å². The number of amides is 3. The Hall–Kier alpha value is -3.29. The first-order valence-electron chi connectivity index (χ1n) is 9.94. The van der Waals surface area contributed by atoms with Gasteiger partial charge < -0.3 is 15.5 Å². The summed E-state index contributed by atoms with van der Waals surface area (Å²) in [4.78, 5) is 42.5. The monoisotopic (exact) mass is 412 g/mol. The fraction of sp³-hybridized carbons (Fsp3) is 0.364. The molecule has 1 unspecified atom stereocenters. The zero-order valence-electron chi connectivity index (χ0n) is 16.8. The average Bonchev–Trinajstić information content (AvgIpc) is 2.75. The Morgan fingerprint density at radius 2 is 1.90 bits per heavy atom. The maximum Gasteiger partial charge on any atom is 0.255 e. The summed E-state index contributed by atoms with van der Waals surface area (Å²) in [6.45, 7) is 2.34. The fourth-order valence-corrected chi connectivity index (χ4v) is 3.54. The third kappa shape index (κ3) is 5.62. The molecular formula is C22H25FN4O3. The molecule has 1 aromatic heterocycles. The number of carbonyl (C=O) groups excluding carboxylic acids is 3. The van der Waals surface area contributed by atoms with Gasteiger partial charge in [-0.3, -0.25) is 19.4 Å². The highest BCUT2D eigenvalue weighted by molar-refractivity contribution is 5.94. The molecule has 1 aliphatic heterocycles. The van der Waals surface area contributed by atoms with Crippen LogP contribution in [0.1, 0.15) is 35.7 Å². The summed E-state index contributed by atoms with van der Waals surface area (Å²) in [6.07, 6.45) is 4.42. The van der Waals surface area contributed by atoms with Gasteiger partial charge in [0.05, 0.1) is 5.56 Å². The van der Waals surface area contributed by atoms with Gasteiger partial charge in [-0.25, -0.2) is 4.39 Å². The SMILES string of the molecule is CC(=O)NC(Cc1ccccc1F)C(=O)NC1CCN(C(=O)c2cccnc2)CC1. The lowest BCUT2D eigenvalue weighted by atomic mass is 10.0. The molecule has 3 amide bonds. The first kappa shape index (κ1) is 21.4. The number of benzene rings is 1. The molecular weight excluding hydrogens is 387 g/mol. The van der Waals surface area contributed by atoms with Crippen molar-refractivity contribution in [2.45, 2.75) is 38.3 Å². The maximum absolute atomic E-state index is 14.0. The van der Waals surface area contributed by atoms with E-state index in [9.17, 15) is 18.8 Å². The lowest BCUT2D eigenvalue weighted by Crippen LogP contribution is -2.53. The van der Waals surface area contributed by atoms with Crippen LogP contribution in [0.3, 0.4) is 0 Å². The van der Waals surface area contributed by atoms with Crippen LogP contribution in [0.4, 0.5) is 4.39 Å². The minimum atomic E-state index is -0.866. The van der Waals surface area contributed by atoms with Crippen LogP contribution >= 0.6 is 0 Å². The van der Waals surface area contributed by atoms with Gasteiger partial charge in [0.1, 0.15) is 11.9 Å². The molecule has 7 nitrogen and oxygen atoms in total. The molecule has 30 heavy (non-hydrogen) atoms. The smallest absolute Gasteiger partial charge is 0.255 e. The van der Waals surface area contributed by atoms with Crippen molar-refractivity contribution in [2.75, 3.05) is 13.1 Å². The summed E-state index contributed by atoms with van der Waals surface area (Å²) in [7, 11) is 0. The zero-order chi connectivity index (χ0) is 21.5. The van der Waals surface area contributed by atoms with Crippen molar-refractivity contribution in [3.8, 4) is 0 Å². The Balaban J connectivity index is 1.56. The van der Waals surface area contributed by atoms with Crippen molar-refractivity contribution in [1.29, 1.82) is 0 Å². The summed E-state index contributed by atoms with van der Waals surface area (Å²) < 4.78 is 14.0. The first-order valence-corrected chi connectivity index (χ1v) is 9.94. The molecule has 0 aliphatic carbocycles. The van der Waals surface area contributed by atoms with Crippen LogP contribution in [0.5, 0.6) is 0 Å². The molecule has 158 valence electrons. The number of rotatable bonds is 6. The Bertz CT molecular complexity index is 898. The Morgan fingerprint density at radius 1 is 1.17 bits per heavy atom. The van der Waals surface area contributed by atoms with E-state index in [0.29, 0.717) is 37.1 Å². The lowest BCUT2D eigenvalue weighted by molar-refractivity contribution is -0.128. The predicted octanol–water partition coefficient (Wildman–Crippen LogP) is 1.69. The number of hydrogen-bond acceptors (Lipinski definition) is 4. The van der Waals surface area contributed by atoms with Gasteiger partial charge in [-0.2, -0.15) is 0 Å². The van der Waals surface area contributed by atoms with Crippen LogP contribution in [-0.2, 0) is 16.0 Å². The third-order valence-corrected chi connectivity index (χ3v) is 5.11. The van der Waals surface area contributed by atoms with E-state index in [-0.39, 0.29) is 30.2 Å². The van der Waals surface area contributed by atoms with E-state index in [1.807, 2.05) is 0 Å². The zero-order valence-corrected chi connectivity index (χ0v) is 16.8. The van der Waals surface area contributed by atoms with Gasteiger partial charge >= 0.3 is 0 Å². The van der Waals surface area contributed by atoms with E-state index >= 15 is 0 Å². The average molecular weight is 412 g/mol. The summed E-state index contributed by atoms with van der Waals surface area (Å²) in [6, 6.07) is 8.65. The molecule has 0 radical (unpaired) electrons. The number of hydrogen-bond donors (Lipinski definition) is 2. The molecule has 8 heteroatoms. The second kappa shape index (κ2) is 9.96. The molecule has 0 bridgehead atoms. The molecule has 2 heterocycles. The van der Waals surface area contributed by atoms with Gasteiger partial charge in [0.15, 0.2) is 0 Å². The molecule has 1 saturated heterocycles. The molecule has 1 fully saturated rings. The van der Waals surface area contributed by atoms with Crippen LogP contribution in [-0.4, -0.2) is 52.8 Å². The van der Waals surface area contributed by atoms with Gasteiger partial charge in [-0.15, -0.1) is 0 Å². The first-order chi connectivity index (χ1) is 14.4. The van der Waals surface area contributed by atoms with Crippen molar-refractivity contribution in [2.24, 2.45) is 0 Å². The van der Waals surface area contributed by atoms with E-state index in [2.05, 4.69) is 15.6 Å². The second-order valence-electron chi connectivity index (χ2n) is 7.37. The molecule has 2 aromatic rings. The van der Waals surface area contributed by atoms with E-state index < -0.39 is 11.9 Å². The quantitative estimate of drug-likeness (QED) is 0.755. The van der Waals surface area contributed by atoms with Gasteiger partial charge in [-0.05, 0) is 36.6 Å². The van der Waals surface area contributed by atoms with Crippen molar-refractivity contribution >= 4 is 17.7 Å². The lowest BCUT2D eigenvalue weighted by Gasteiger charge is -2.33. The number of halogens is 1. The van der Waals surface area contributed by atoms with Crippen molar-refractivity contribution < 1.29 is 18.8 Å². The fourth-order valence-electron chi connectivity index (χ4n) is 3.54. The minimum Gasteiger partial charge on any atom is -0.351 e. The molecule has 0 saturated carbocycles. The van der Waals surface area contributed by atoms with Crippen molar-refractivity contribution in [3.63, 3.8) is 0 Å². The highest BCUT2D eigenvalue weighted by Crippen LogP contribution is 2.15. The van der Waals surface area contributed by atoms with Gasteiger partial charge in [0.25, 0.3) is 5.91 Å². The normalized spacial score (nSPS) is 15.3. The number of aromatic nitrogens is 1. The largest absolute Gasteiger partial charge is 0.351 e. The van der Waals surface area contributed by atoms with Crippen LogP contribution in [0.15, 0.2) is 48.8 Å². The highest BCUT2D eigenvalue weighted by Gasteiger charge is 2.28. The molecule has 1 atom stereocenters. The van der Waals surface area contributed by atoms with E-state index in [1.165, 1.54) is 19.2 Å². The third-order valence-electron chi connectivity index (χ3n) is 5.11. The van der Waals surface area contributed by atoms with Gasteiger partial charge in [-0.1, -0.05) is 18.2 Å². The van der Waals surface area contributed by atoms with Gasteiger partial charge in [0.2, 0.25) is 11.8 Å². The standard InChI is InChI=1S/C22H25FN4O3/c1-15(28)25-20(13-16-5-2-3-7-19(16)23)21(29)26-18-8-11-27(12-9-18)22(30)17-6-4-10-24-14-17/h2-7,10,14,18,20H,8-9,11-13H2,1H3,(H,25,28)(H,26,29). The Kier molecular flexibility index (Phi) is 7.11. The Labute approximate surface area is 174 Å². The minimum absolute atomic E-state index is 0.0659. The second-order valence-corrected chi connectivity index (χ2v) is 7.37. The number of carbonyl (C=O) groups is 3. The van der Waals surface area contributed by atoms with Crippen LogP contribution in [0.25, 0.3) is 0 Å². The van der Waals surface area contributed by atoms with Crippen molar-refractivity contribution in [1.82, 2.24) is 20.5 Å². The molecule has 1 aromatic carbocycles. The highest BCUT2D eigenvalue weighted by atomic mass is 19.1. The molecule has 0 spiro atoms. The molecule has 3 rings (SSSR count). The topological polar surface area (TPSA) is 91.4 Å². The van der Waals surface area contributed by atoms with Crippen LogP contribution < -0.4 is 10.6 Å². The van der Waals surface area contributed by atoms with E-state index in [4.69, 9.17) is 0 Å². The van der Waals surface area contributed by atoms with Crippen LogP contribution in [0.2, 0.25) is 0 Å². The van der Waals surface area contributed by atoms with Gasteiger partial charge in [0, 0.05) is 44.9 Å². The summed E-state index contributed by atoms with van der Waals surface area (Å²) in [5.41, 5.74) is 0.902. The Morgan fingerprint density at radius 3 is 2.53 bits per heavy atom. The van der Waals surface area contributed by atoms with E-state index in [0.717, 1.165) is 0 Å². The summed E-state index contributed by atoms with van der Waals surface area (Å²) in [5.74, 6) is -1.21. The predicted molar refractivity (Wildman–Crippen MR) is 109 cm³/mol. The van der Waals surface area contributed by atoms with E-state index in [1.54, 1.807) is 41.4 Å². The summed E-state index contributed by atoms with van der Waals surface area (Å²) >= 11 is 0. The summed E-state index contributed by atoms with van der Waals surface area (Å²) in [5, 5.41) is 5.54. The molecule has 2 N–H and O–H groups in total. The number of nitrogens with one attached hydrogen (secondary N) is 2. The number of nitrogens with zero attached hydrogens (tertiary/aromatic N) is 2. The maximum atomic E-state index is 14.0. The number of pyridine rings is 1. The molecule has 1 aliphatic rings. The van der Waals surface area contributed by atoms with Crippen molar-refractivity contribution in [3.05, 3.63) is 65.7 Å².